The van der Waals surface area contributed by atoms with Crippen molar-refractivity contribution in [1.29, 1.82) is 0 Å². The zero-order valence-electron chi connectivity index (χ0n) is 12.3. The van der Waals surface area contributed by atoms with Gasteiger partial charge in [-0.1, -0.05) is 0 Å². The van der Waals surface area contributed by atoms with Crippen LogP contribution in [0.15, 0.2) is 12.1 Å². The van der Waals surface area contributed by atoms with Crippen molar-refractivity contribution in [1.82, 2.24) is 0 Å². The first-order valence-corrected chi connectivity index (χ1v) is 9.17. The molecule has 0 bridgehead atoms. The first-order valence-electron chi connectivity index (χ1n) is 6.60. The van der Waals surface area contributed by atoms with Crippen LogP contribution < -0.4 is 4.46 Å². The van der Waals surface area contributed by atoms with Gasteiger partial charge in [0.2, 0.25) is 0 Å². The first kappa shape index (κ1) is 14.8. The number of benzene rings is 1. The third kappa shape index (κ3) is 3.36. The van der Waals surface area contributed by atoms with Crippen molar-refractivity contribution in [2.45, 2.75) is 65.1 Å². The first-order chi connectivity index (χ1) is 7.88. The molecule has 0 N–H and O–H groups in total. The Kier molecular flexibility index (Phi) is 5.28. The summed E-state index contributed by atoms with van der Waals surface area (Å²) in [5.41, 5.74) is 4.68. The summed E-state index contributed by atoms with van der Waals surface area (Å²) in [5.74, 6) is 4.25. The second-order valence-electron chi connectivity index (χ2n) is 5.70. The van der Waals surface area contributed by atoms with E-state index in [2.05, 4.69) is 59.5 Å². The zero-order chi connectivity index (χ0) is 13.2. The van der Waals surface area contributed by atoms with Crippen LogP contribution in [0.3, 0.4) is 0 Å². The fourth-order valence-electron chi connectivity index (χ4n) is 2.13. The van der Waals surface area contributed by atoms with E-state index in [4.69, 9.17) is 0 Å². The van der Waals surface area contributed by atoms with Crippen LogP contribution in [0.25, 0.3) is 0 Å². The van der Waals surface area contributed by atoms with Gasteiger partial charge in [-0.15, -0.1) is 0 Å². The fourth-order valence-corrected chi connectivity index (χ4v) is 4.35. The summed E-state index contributed by atoms with van der Waals surface area (Å²) in [4.78, 5) is 0. The fraction of sp³-hybridized carbons (Fsp3) is 0.625. The maximum atomic E-state index is 2.45. The van der Waals surface area contributed by atoms with Crippen LogP contribution in [0.1, 0.15) is 76.0 Å². The van der Waals surface area contributed by atoms with Gasteiger partial charge in [0.15, 0.2) is 0 Å². The van der Waals surface area contributed by atoms with E-state index >= 15 is 0 Å². The molecule has 0 aliphatic heterocycles. The Morgan fingerprint density at radius 3 is 1.41 bits per heavy atom. The number of hydrogen-bond donors (Lipinski definition) is 0. The van der Waals surface area contributed by atoms with Crippen LogP contribution in [0.4, 0.5) is 0 Å². The van der Waals surface area contributed by atoms with E-state index in [1.165, 1.54) is 5.56 Å². The molecule has 0 amide bonds. The molecule has 0 spiro atoms. The third-order valence-corrected chi connectivity index (χ3v) is 5.13. The van der Waals surface area contributed by atoms with Crippen LogP contribution in [0.2, 0.25) is 5.82 Å². The van der Waals surface area contributed by atoms with Crippen LogP contribution in [0, 0.1) is 0 Å². The molecule has 0 saturated heterocycles. The number of hydrogen-bond acceptors (Lipinski definition) is 0. The Morgan fingerprint density at radius 2 is 1.18 bits per heavy atom. The summed E-state index contributed by atoms with van der Waals surface area (Å²) in [6.07, 6.45) is 0. The molecule has 0 fully saturated rings. The molecular weight excluding hydrogens is 271 g/mol. The van der Waals surface area contributed by atoms with Crippen molar-refractivity contribution < 1.29 is 0 Å². The minimum atomic E-state index is 0.592. The standard InChI is InChI=1S/C16H26Se/c1-10(2)13-8-14(11(3)4)16(17-7)15(9-13)12(5)6/h8-12H,1-7H3. The third-order valence-electron chi connectivity index (χ3n) is 3.28. The molecule has 0 atom stereocenters. The second kappa shape index (κ2) is 6.07. The molecular formula is C16H26Se. The van der Waals surface area contributed by atoms with E-state index < -0.39 is 0 Å². The molecule has 0 aromatic heterocycles. The summed E-state index contributed by atoms with van der Waals surface area (Å²) >= 11 is 0.592. The molecule has 0 aliphatic carbocycles. The van der Waals surface area contributed by atoms with Gasteiger partial charge < -0.3 is 0 Å². The molecule has 17 heavy (non-hydrogen) atoms. The monoisotopic (exact) mass is 298 g/mol. The van der Waals surface area contributed by atoms with Gasteiger partial charge in [-0.25, -0.2) is 0 Å². The van der Waals surface area contributed by atoms with Crippen molar-refractivity contribution >= 4 is 19.4 Å². The molecule has 1 heteroatoms. The Morgan fingerprint density at radius 1 is 0.765 bits per heavy atom. The molecule has 0 radical (unpaired) electrons. The summed E-state index contributed by atoms with van der Waals surface area (Å²) in [6.45, 7) is 13.9. The Bertz CT molecular complexity index is 346. The number of rotatable bonds is 4. The molecule has 0 nitrogen and oxygen atoms in total. The van der Waals surface area contributed by atoms with Crippen LogP contribution >= 0.6 is 0 Å². The van der Waals surface area contributed by atoms with Crippen LogP contribution in [-0.4, -0.2) is 15.0 Å². The van der Waals surface area contributed by atoms with Crippen LogP contribution in [0.5, 0.6) is 0 Å². The summed E-state index contributed by atoms with van der Waals surface area (Å²) < 4.78 is 1.65. The second-order valence-corrected chi connectivity index (χ2v) is 7.41. The minimum absolute atomic E-state index is 0.592. The predicted molar refractivity (Wildman–Crippen MR) is 80.0 cm³/mol. The molecule has 1 aromatic carbocycles. The Balaban J connectivity index is 3.46. The summed E-state index contributed by atoms with van der Waals surface area (Å²) in [6, 6.07) is 4.89. The van der Waals surface area contributed by atoms with Crippen LogP contribution in [-0.2, 0) is 0 Å². The van der Waals surface area contributed by atoms with E-state index in [1.807, 2.05) is 0 Å². The van der Waals surface area contributed by atoms with Gasteiger partial charge in [-0.3, -0.25) is 0 Å². The molecule has 0 aliphatic rings. The van der Waals surface area contributed by atoms with Gasteiger partial charge in [-0.05, 0) is 0 Å². The molecule has 1 aromatic rings. The quantitative estimate of drug-likeness (QED) is 0.721. The van der Waals surface area contributed by atoms with E-state index in [0.29, 0.717) is 32.7 Å². The molecule has 0 unspecified atom stereocenters. The molecule has 1 rings (SSSR count). The zero-order valence-corrected chi connectivity index (χ0v) is 14.0. The predicted octanol–water partition coefficient (Wildman–Crippen LogP) is 4.43. The van der Waals surface area contributed by atoms with Gasteiger partial charge >= 0.3 is 113 Å². The van der Waals surface area contributed by atoms with E-state index in [1.54, 1.807) is 15.6 Å². The molecule has 0 heterocycles. The van der Waals surface area contributed by atoms with Gasteiger partial charge in [0.1, 0.15) is 0 Å². The van der Waals surface area contributed by atoms with Crippen molar-refractivity contribution in [2.75, 3.05) is 0 Å². The Hall–Kier alpha value is -0.261. The summed E-state index contributed by atoms with van der Waals surface area (Å²) in [7, 11) is 0. The molecule has 0 saturated carbocycles. The van der Waals surface area contributed by atoms with E-state index in [9.17, 15) is 0 Å². The topological polar surface area (TPSA) is 0 Å². The maximum absolute atomic E-state index is 2.45. The average molecular weight is 297 g/mol. The summed E-state index contributed by atoms with van der Waals surface area (Å²) in [5, 5.41) is 0. The molecule has 96 valence electrons. The van der Waals surface area contributed by atoms with Gasteiger partial charge in [0, 0.05) is 0 Å². The van der Waals surface area contributed by atoms with Crippen molar-refractivity contribution in [3.8, 4) is 0 Å². The van der Waals surface area contributed by atoms with Gasteiger partial charge in [0.05, 0.1) is 0 Å². The van der Waals surface area contributed by atoms with E-state index in [-0.39, 0.29) is 0 Å². The van der Waals surface area contributed by atoms with Crippen molar-refractivity contribution in [3.63, 3.8) is 0 Å². The SMILES string of the molecule is C[Se]c1c(C(C)C)cc(C(C)C)cc1C(C)C. The normalized spacial score (nSPS) is 11.9. The van der Waals surface area contributed by atoms with Crippen molar-refractivity contribution in [3.05, 3.63) is 28.8 Å². The van der Waals surface area contributed by atoms with Gasteiger partial charge in [-0.2, -0.15) is 0 Å². The van der Waals surface area contributed by atoms with Gasteiger partial charge in [0.25, 0.3) is 0 Å². The average Bonchev–Trinajstić information content (AvgIpc) is 2.26. The Labute approximate surface area is 113 Å². The van der Waals surface area contributed by atoms with Crippen molar-refractivity contribution in [2.24, 2.45) is 0 Å². The van der Waals surface area contributed by atoms with E-state index in [0.717, 1.165) is 0 Å².